The van der Waals surface area contributed by atoms with Crippen LogP contribution >= 0.6 is 11.6 Å². The van der Waals surface area contributed by atoms with Crippen molar-refractivity contribution in [3.8, 4) is 0 Å². The van der Waals surface area contributed by atoms with Crippen molar-refractivity contribution in [3.05, 3.63) is 70.7 Å². The number of nitrogens with zero attached hydrogens (tertiary/aromatic N) is 1. The SMILES string of the molecule is CN1CCC[C@@H]1CCO[C@](C)(c1ccccc1)c1ccc(Cl)cc1.[Na+]. The van der Waals surface area contributed by atoms with Crippen LogP contribution in [-0.4, -0.2) is 31.1 Å². The van der Waals surface area contributed by atoms with Crippen molar-refractivity contribution >= 4 is 11.6 Å². The first-order valence-corrected chi connectivity index (χ1v) is 9.13. The second kappa shape index (κ2) is 9.55. The van der Waals surface area contributed by atoms with Crippen molar-refractivity contribution in [3.63, 3.8) is 0 Å². The minimum absolute atomic E-state index is 0. The van der Waals surface area contributed by atoms with Crippen molar-refractivity contribution in [1.82, 2.24) is 4.90 Å². The van der Waals surface area contributed by atoms with Crippen LogP contribution in [0.3, 0.4) is 0 Å². The molecule has 4 heteroatoms. The van der Waals surface area contributed by atoms with Crippen molar-refractivity contribution in [2.45, 2.75) is 37.8 Å². The Kier molecular flexibility index (Phi) is 8.00. The van der Waals surface area contributed by atoms with Crippen LogP contribution in [0.4, 0.5) is 0 Å². The van der Waals surface area contributed by atoms with Gasteiger partial charge in [0.25, 0.3) is 0 Å². The molecule has 1 aliphatic rings. The average Bonchev–Trinajstić information content (AvgIpc) is 3.01. The molecule has 1 aliphatic heterocycles. The summed E-state index contributed by atoms with van der Waals surface area (Å²) >= 11 is 6.07. The van der Waals surface area contributed by atoms with Gasteiger partial charge in [-0.2, -0.15) is 0 Å². The van der Waals surface area contributed by atoms with Crippen molar-refractivity contribution in [2.24, 2.45) is 0 Å². The van der Waals surface area contributed by atoms with E-state index in [9.17, 15) is 0 Å². The van der Waals surface area contributed by atoms with E-state index < -0.39 is 5.60 Å². The first-order chi connectivity index (χ1) is 11.6. The molecule has 2 atom stereocenters. The molecule has 0 aliphatic carbocycles. The molecule has 0 aromatic heterocycles. The van der Waals surface area contributed by atoms with E-state index in [1.54, 1.807) is 0 Å². The van der Waals surface area contributed by atoms with E-state index in [2.05, 4.69) is 55.3 Å². The zero-order valence-corrected chi connectivity index (χ0v) is 18.3. The summed E-state index contributed by atoms with van der Waals surface area (Å²) in [4.78, 5) is 2.45. The fraction of sp³-hybridized carbons (Fsp3) is 0.429. The van der Waals surface area contributed by atoms with E-state index in [-0.39, 0.29) is 29.6 Å². The van der Waals surface area contributed by atoms with Crippen LogP contribution in [0.25, 0.3) is 0 Å². The molecule has 0 amide bonds. The summed E-state index contributed by atoms with van der Waals surface area (Å²) in [7, 11) is 2.22. The van der Waals surface area contributed by atoms with Gasteiger partial charge in [-0.3, -0.25) is 0 Å². The monoisotopic (exact) mass is 366 g/mol. The summed E-state index contributed by atoms with van der Waals surface area (Å²) in [6.07, 6.45) is 3.66. The Morgan fingerprint density at radius 3 is 2.32 bits per heavy atom. The zero-order chi connectivity index (χ0) is 17.0. The predicted molar refractivity (Wildman–Crippen MR) is 101 cm³/mol. The summed E-state index contributed by atoms with van der Waals surface area (Å²) < 4.78 is 6.48. The third-order valence-electron chi connectivity index (χ3n) is 5.23. The van der Waals surface area contributed by atoms with E-state index in [0.29, 0.717) is 6.04 Å². The largest absolute Gasteiger partial charge is 1.00 e. The van der Waals surface area contributed by atoms with Gasteiger partial charge in [0, 0.05) is 17.7 Å². The smallest absolute Gasteiger partial charge is 0.366 e. The van der Waals surface area contributed by atoms with Crippen LogP contribution in [0.15, 0.2) is 54.6 Å². The minimum atomic E-state index is -0.455. The molecule has 2 aromatic rings. The van der Waals surface area contributed by atoms with Gasteiger partial charge in [-0.25, -0.2) is 0 Å². The van der Waals surface area contributed by atoms with Crippen molar-refractivity contribution in [2.75, 3.05) is 20.2 Å². The fourth-order valence-corrected chi connectivity index (χ4v) is 3.73. The van der Waals surface area contributed by atoms with E-state index in [0.717, 1.165) is 23.6 Å². The van der Waals surface area contributed by atoms with Crippen LogP contribution < -0.4 is 29.6 Å². The summed E-state index contributed by atoms with van der Waals surface area (Å²) in [6, 6.07) is 19.1. The molecule has 0 unspecified atom stereocenters. The molecular weight excluding hydrogens is 341 g/mol. The number of benzene rings is 2. The molecular formula is C21H26ClNNaO+. The third kappa shape index (κ3) is 5.09. The van der Waals surface area contributed by atoms with Gasteiger partial charge in [-0.05, 0) is 63.0 Å². The molecule has 0 N–H and O–H groups in total. The summed E-state index contributed by atoms with van der Waals surface area (Å²) in [5.41, 5.74) is 1.85. The summed E-state index contributed by atoms with van der Waals surface area (Å²) in [5, 5.41) is 0.752. The van der Waals surface area contributed by atoms with Crippen LogP contribution in [0.5, 0.6) is 0 Å². The molecule has 0 saturated carbocycles. The molecule has 1 heterocycles. The molecule has 128 valence electrons. The Morgan fingerprint density at radius 1 is 1.08 bits per heavy atom. The molecule has 0 radical (unpaired) electrons. The number of hydrogen-bond donors (Lipinski definition) is 0. The second-order valence-corrected chi connectivity index (χ2v) is 7.26. The predicted octanol–water partition coefficient (Wildman–Crippen LogP) is 2.11. The fourth-order valence-electron chi connectivity index (χ4n) is 3.60. The van der Waals surface area contributed by atoms with Gasteiger partial charge in [0.05, 0.1) is 0 Å². The van der Waals surface area contributed by atoms with Crippen LogP contribution in [0.1, 0.15) is 37.3 Å². The van der Waals surface area contributed by atoms with Crippen LogP contribution in [0, 0.1) is 0 Å². The van der Waals surface area contributed by atoms with E-state index >= 15 is 0 Å². The van der Waals surface area contributed by atoms with Crippen molar-refractivity contribution < 1.29 is 34.3 Å². The van der Waals surface area contributed by atoms with Crippen LogP contribution in [-0.2, 0) is 10.3 Å². The van der Waals surface area contributed by atoms with Gasteiger partial charge in [0.1, 0.15) is 5.60 Å². The first-order valence-electron chi connectivity index (χ1n) is 8.75. The Bertz CT molecular complexity index is 649. The van der Waals surface area contributed by atoms with Gasteiger partial charge in [-0.1, -0.05) is 54.1 Å². The maximum Gasteiger partial charge on any atom is 1.00 e. The van der Waals surface area contributed by atoms with E-state index in [4.69, 9.17) is 16.3 Å². The maximum absolute atomic E-state index is 6.48. The summed E-state index contributed by atoms with van der Waals surface area (Å²) in [6.45, 7) is 4.12. The van der Waals surface area contributed by atoms with E-state index in [1.165, 1.54) is 24.9 Å². The van der Waals surface area contributed by atoms with Gasteiger partial charge in [0.15, 0.2) is 0 Å². The Labute approximate surface area is 178 Å². The molecule has 25 heavy (non-hydrogen) atoms. The first kappa shape index (κ1) is 21.0. The Hall–Kier alpha value is -0.350. The topological polar surface area (TPSA) is 12.5 Å². The normalized spacial score (nSPS) is 20.0. The number of ether oxygens (including phenoxy) is 1. The molecule has 0 spiro atoms. The average molecular weight is 367 g/mol. The Balaban J connectivity index is 0.00000225. The number of halogens is 1. The molecule has 2 nitrogen and oxygen atoms in total. The van der Waals surface area contributed by atoms with Gasteiger partial charge in [0.2, 0.25) is 0 Å². The van der Waals surface area contributed by atoms with Gasteiger partial charge < -0.3 is 9.64 Å². The van der Waals surface area contributed by atoms with Crippen LogP contribution in [0.2, 0.25) is 5.02 Å². The summed E-state index contributed by atoms with van der Waals surface area (Å²) in [5.74, 6) is 0. The molecule has 0 bridgehead atoms. The third-order valence-corrected chi connectivity index (χ3v) is 5.49. The molecule has 3 rings (SSSR count). The van der Waals surface area contributed by atoms with Gasteiger partial charge >= 0.3 is 29.6 Å². The van der Waals surface area contributed by atoms with Crippen molar-refractivity contribution in [1.29, 1.82) is 0 Å². The van der Waals surface area contributed by atoms with Gasteiger partial charge in [-0.15, -0.1) is 0 Å². The molecule has 1 saturated heterocycles. The molecule has 1 fully saturated rings. The van der Waals surface area contributed by atoms with E-state index in [1.807, 2.05) is 18.2 Å². The maximum atomic E-state index is 6.48. The standard InChI is InChI=1S/C21H26ClNO.Na/c1-21(17-7-4-3-5-8-17,18-10-12-19(22)13-11-18)24-16-14-20-9-6-15-23(20)2;/h3-5,7-8,10-13,20H,6,9,14-16H2,1-2H3;/q;+1/t20-,21-;/m1./s1. The minimum Gasteiger partial charge on any atom is -0.366 e. The zero-order valence-electron chi connectivity index (χ0n) is 15.5. The number of hydrogen-bond acceptors (Lipinski definition) is 2. The number of rotatable bonds is 6. The second-order valence-electron chi connectivity index (χ2n) is 6.82. The quantitative estimate of drug-likeness (QED) is 0.726. The number of likely N-dealkylation sites (tertiary alicyclic amines) is 1. The Morgan fingerprint density at radius 2 is 1.72 bits per heavy atom. The molecule has 2 aromatic carbocycles.